The molecular formula is C20H22N2O3. The molecule has 130 valence electrons. The largest absolute Gasteiger partial charge is 0.476 e. The van der Waals surface area contributed by atoms with Crippen LogP contribution < -0.4 is 9.64 Å². The van der Waals surface area contributed by atoms with Crippen LogP contribution in [-0.2, 0) is 16.0 Å². The van der Waals surface area contributed by atoms with E-state index in [0.29, 0.717) is 11.4 Å². The molecule has 3 rings (SSSR count). The Morgan fingerprint density at radius 2 is 1.80 bits per heavy atom. The van der Waals surface area contributed by atoms with Gasteiger partial charge in [0.15, 0.2) is 6.10 Å². The maximum absolute atomic E-state index is 12.9. The summed E-state index contributed by atoms with van der Waals surface area (Å²) in [7, 11) is 3.37. The van der Waals surface area contributed by atoms with Crippen molar-refractivity contribution in [1.29, 1.82) is 0 Å². The molecule has 1 atom stereocenters. The number of rotatable bonds is 3. The smallest absolute Gasteiger partial charge is 0.265 e. The van der Waals surface area contributed by atoms with Crippen molar-refractivity contribution in [3.63, 3.8) is 0 Å². The lowest BCUT2D eigenvalue weighted by atomic mass is 10.1. The van der Waals surface area contributed by atoms with Gasteiger partial charge in [-0.2, -0.15) is 0 Å². The topological polar surface area (TPSA) is 49.9 Å². The minimum atomic E-state index is -0.688. The van der Waals surface area contributed by atoms with Crippen LogP contribution in [0, 0.1) is 6.92 Å². The molecule has 0 radical (unpaired) electrons. The third kappa shape index (κ3) is 3.65. The Hall–Kier alpha value is -2.82. The first kappa shape index (κ1) is 17.0. The van der Waals surface area contributed by atoms with Crippen LogP contribution in [0.25, 0.3) is 0 Å². The molecule has 0 bridgehead atoms. The van der Waals surface area contributed by atoms with Crippen LogP contribution in [0.2, 0.25) is 0 Å². The molecular weight excluding hydrogens is 316 g/mol. The Morgan fingerprint density at radius 3 is 2.48 bits per heavy atom. The van der Waals surface area contributed by atoms with E-state index >= 15 is 0 Å². The molecule has 2 aromatic carbocycles. The summed E-state index contributed by atoms with van der Waals surface area (Å²) >= 11 is 0. The normalized spacial score (nSPS) is 16.0. The number of hydrogen-bond donors (Lipinski definition) is 0. The van der Waals surface area contributed by atoms with Crippen LogP contribution in [0.1, 0.15) is 11.1 Å². The van der Waals surface area contributed by atoms with Gasteiger partial charge in [0.2, 0.25) is 5.91 Å². The Balaban J connectivity index is 1.86. The van der Waals surface area contributed by atoms with Crippen LogP contribution in [0.15, 0.2) is 48.5 Å². The fourth-order valence-electron chi connectivity index (χ4n) is 2.86. The lowest BCUT2D eigenvalue weighted by Crippen LogP contribution is -2.50. The average molecular weight is 338 g/mol. The SMILES string of the molecule is Cc1ccc(CC(=O)N2C[C@H](C(=O)N(C)C)Oc3ccccc32)cc1. The van der Waals surface area contributed by atoms with Crippen molar-refractivity contribution in [1.82, 2.24) is 4.90 Å². The molecule has 0 saturated heterocycles. The molecule has 1 heterocycles. The van der Waals surface area contributed by atoms with Crippen LogP contribution in [0.3, 0.4) is 0 Å². The fourth-order valence-corrected chi connectivity index (χ4v) is 2.86. The summed E-state index contributed by atoms with van der Waals surface area (Å²) in [5.41, 5.74) is 2.82. The van der Waals surface area contributed by atoms with E-state index in [-0.39, 0.29) is 24.8 Å². The first-order valence-corrected chi connectivity index (χ1v) is 8.28. The Morgan fingerprint density at radius 1 is 1.12 bits per heavy atom. The molecule has 0 unspecified atom stereocenters. The van der Waals surface area contributed by atoms with Gasteiger partial charge in [-0.05, 0) is 24.6 Å². The van der Waals surface area contributed by atoms with Crippen LogP contribution in [0.5, 0.6) is 5.75 Å². The Bertz CT molecular complexity index is 784. The van der Waals surface area contributed by atoms with E-state index in [1.165, 1.54) is 4.90 Å². The quantitative estimate of drug-likeness (QED) is 0.864. The first-order valence-electron chi connectivity index (χ1n) is 8.28. The Labute approximate surface area is 147 Å². The first-order chi connectivity index (χ1) is 12.0. The number of nitrogens with zero attached hydrogens (tertiary/aromatic N) is 2. The number of anilines is 1. The highest BCUT2D eigenvalue weighted by Gasteiger charge is 2.34. The maximum Gasteiger partial charge on any atom is 0.265 e. The summed E-state index contributed by atoms with van der Waals surface area (Å²) in [4.78, 5) is 28.4. The molecule has 0 aliphatic carbocycles. The summed E-state index contributed by atoms with van der Waals surface area (Å²) in [6, 6.07) is 15.2. The molecule has 0 aromatic heterocycles. The zero-order chi connectivity index (χ0) is 18.0. The number of amides is 2. The van der Waals surface area contributed by atoms with Crippen LogP contribution in [-0.4, -0.2) is 43.5 Å². The van der Waals surface area contributed by atoms with Gasteiger partial charge in [0.1, 0.15) is 5.75 Å². The minimum absolute atomic E-state index is 0.0452. The molecule has 5 heteroatoms. The summed E-state index contributed by atoms with van der Waals surface area (Å²) < 4.78 is 5.82. The van der Waals surface area contributed by atoms with E-state index in [0.717, 1.165) is 11.1 Å². The second-order valence-electron chi connectivity index (χ2n) is 6.47. The summed E-state index contributed by atoms with van der Waals surface area (Å²) in [5, 5.41) is 0. The molecule has 0 spiro atoms. The molecule has 2 aromatic rings. The molecule has 1 aliphatic rings. The molecule has 0 N–H and O–H groups in total. The van der Waals surface area contributed by atoms with Gasteiger partial charge in [-0.15, -0.1) is 0 Å². The van der Waals surface area contributed by atoms with E-state index in [1.807, 2.05) is 49.4 Å². The van der Waals surface area contributed by atoms with Crippen molar-refractivity contribution in [2.24, 2.45) is 0 Å². The highest BCUT2D eigenvalue weighted by molar-refractivity contribution is 5.98. The van der Waals surface area contributed by atoms with Crippen molar-refractivity contribution < 1.29 is 14.3 Å². The number of carbonyl (C=O) groups excluding carboxylic acids is 2. The number of carbonyl (C=O) groups is 2. The number of hydrogen-bond acceptors (Lipinski definition) is 3. The van der Waals surface area contributed by atoms with Crippen LogP contribution >= 0.6 is 0 Å². The van der Waals surface area contributed by atoms with Gasteiger partial charge in [0.25, 0.3) is 5.91 Å². The predicted octanol–water partition coefficient (Wildman–Crippen LogP) is 2.42. The highest BCUT2D eigenvalue weighted by Crippen LogP contribution is 2.33. The third-order valence-electron chi connectivity index (χ3n) is 4.27. The molecule has 25 heavy (non-hydrogen) atoms. The van der Waals surface area contributed by atoms with Gasteiger partial charge in [-0.1, -0.05) is 42.0 Å². The fraction of sp³-hybridized carbons (Fsp3) is 0.300. The standard InChI is InChI=1S/C20H22N2O3/c1-14-8-10-15(11-9-14)12-19(23)22-13-18(20(24)21(2)3)25-17-7-5-4-6-16(17)22/h4-11,18H,12-13H2,1-3H3/t18-/m1/s1. The number of aryl methyl sites for hydroxylation is 1. The van der Waals surface area contributed by atoms with E-state index < -0.39 is 6.10 Å². The number of likely N-dealkylation sites (N-methyl/N-ethyl adjacent to an activating group) is 1. The number of benzene rings is 2. The lowest BCUT2D eigenvalue weighted by Gasteiger charge is -2.35. The highest BCUT2D eigenvalue weighted by atomic mass is 16.5. The van der Waals surface area contributed by atoms with Gasteiger partial charge in [0.05, 0.1) is 18.7 Å². The van der Waals surface area contributed by atoms with Crippen molar-refractivity contribution in [3.8, 4) is 5.75 Å². The van der Waals surface area contributed by atoms with E-state index in [4.69, 9.17) is 4.74 Å². The van der Waals surface area contributed by atoms with Crippen LogP contribution in [0.4, 0.5) is 5.69 Å². The monoisotopic (exact) mass is 338 g/mol. The Kier molecular flexibility index (Phi) is 4.74. The average Bonchev–Trinajstić information content (AvgIpc) is 2.61. The number of para-hydroxylation sites is 2. The van der Waals surface area contributed by atoms with E-state index in [1.54, 1.807) is 25.1 Å². The van der Waals surface area contributed by atoms with Crippen molar-refractivity contribution in [2.45, 2.75) is 19.4 Å². The summed E-state index contributed by atoms with van der Waals surface area (Å²) in [5.74, 6) is 0.366. The third-order valence-corrected chi connectivity index (χ3v) is 4.27. The molecule has 0 fully saturated rings. The summed E-state index contributed by atoms with van der Waals surface area (Å²) in [6.07, 6.45) is -0.399. The predicted molar refractivity (Wildman–Crippen MR) is 96.8 cm³/mol. The zero-order valence-electron chi connectivity index (χ0n) is 14.7. The van der Waals surface area contributed by atoms with Gasteiger partial charge in [-0.25, -0.2) is 0 Å². The zero-order valence-corrected chi connectivity index (χ0v) is 14.7. The lowest BCUT2D eigenvalue weighted by molar-refractivity contribution is -0.136. The molecule has 0 saturated carbocycles. The van der Waals surface area contributed by atoms with Gasteiger partial charge >= 0.3 is 0 Å². The van der Waals surface area contributed by atoms with Gasteiger partial charge in [0, 0.05) is 14.1 Å². The molecule has 2 amide bonds. The van der Waals surface area contributed by atoms with Gasteiger partial charge in [-0.3, -0.25) is 9.59 Å². The van der Waals surface area contributed by atoms with Crippen molar-refractivity contribution in [3.05, 3.63) is 59.7 Å². The van der Waals surface area contributed by atoms with Crippen molar-refractivity contribution >= 4 is 17.5 Å². The minimum Gasteiger partial charge on any atom is -0.476 e. The van der Waals surface area contributed by atoms with E-state index in [2.05, 4.69) is 0 Å². The number of fused-ring (bicyclic) bond motifs is 1. The molecule has 1 aliphatic heterocycles. The van der Waals surface area contributed by atoms with Crippen molar-refractivity contribution in [2.75, 3.05) is 25.5 Å². The summed E-state index contributed by atoms with van der Waals surface area (Å²) in [6.45, 7) is 2.24. The van der Waals surface area contributed by atoms with E-state index in [9.17, 15) is 9.59 Å². The van der Waals surface area contributed by atoms with Gasteiger partial charge < -0.3 is 14.5 Å². The molecule has 5 nitrogen and oxygen atoms in total. The maximum atomic E-state index is 12.9. The second kappa shape index (κ2) is 6.97. The number of ether oxygens (including phenoxy) is 1. The second-order valence-corrected chi connectivity index (χ2v) is 6.47.